The summed E-state index contributed by atoms with van der Waals surface area (Å²) in [5.41, 5.74) is -0.547. The lowest BCUT2D eigenvalue weighted by Gasteiger charge is -2.42. The molecule has 9 rings (SSSR count). The molecule has 5 heterocycles. The number of aliphatic hydroxyl groups excluding tert-OH is 12. The molecule has 30 nitrogen and oxygen atoms in total. The van der Waals surface area contributed by atoms with E-state index in [0.717, 1.165) is 30.3 Å². The van der Waals surface area contributed by atoms with Crippen molar-refractivity contribution in [2.24, 2.45) is 0 Å². The van der Waals surface area contributed by atoms with Gasteiger partial charge >= 0.3 is 23.3 Å². The van der Waals surface area contributed by atoms with Crippen LogP contribution in [0, 0.1) is 0 Å². The minimum Gasteiger partial charge on any atom is -0.508 e. The Morgan fingerprint density at radius 3 is 1.42 bits per heavy atom. The molecule has 450 valence electrons. The molecular weight excluding hydrogens is 1120 g/mol. The van der Waals surface area contributed by atoms with Gasteiger partial charge in [-0.25, -0.2) is 14.0 Å². The molecular formula is C53H59O30+. The van der Waals surface area contributed by atoms with E-state index < -0.39 is 189 Å². The van der Waals surface area contributed by atoms with Crippen LogP contribution in [0.25, 0.3) is 22.3 Å². The molecule has 0 aliphatic carbocycles. The number of aromatic hydroxyl groups is 5. The number of aliphatic hydroxyl groups is 12. The first-order valence-electron chi connectivity index (χ1n) is 25.4. The Hall–Kier alpha value is -7.05. The molecule has 83 heavy (non-hydrogen) atoms. The van der Waals surface area contributed by atoms with Crippen molar-refractivity contribution in [2.75, 3.05) is 19.8 Å². The fraction of sp³-hybridized carbons (Fsp3) is 0.453. The van der Waals surface area contributed by atoms with Crippen molar-refractivity contribution in [1.29, 1.82) is 0 Å². The monoisotopic (exact) mass is 1180 g/mol. The lowest BCUT2D eigenvalue weighted by molar-refractivity contribution is -0.318. The van der Waals surface area contributed by atoms with Crippen LogP contribution >= 0.6 is 0 Å². The highest BCUT2D eigenvalue weighted by atomic mass is 16.7. The van der Waals surface area contributed by atoms with Crippen molar-refractivity contribution < 1.29 is 148 Å². The van der Waals surface area contributed by atoms with Crippen LogP contribution in [0.3, 0.4) is 0 Å². The predicted octanol–water partition coefficient (Wildman–Crippen LogP) is -2.97. The van der Waals surface area contributed by atoms with Crippen LogP contribution in [0.4, 0.5) is 0 Å². The summed E-state index contributed by atoms with van der Waals surface area (Å²) >= 11 is 0. The molecule has 20 unspecified atom stereocenters. The Bertz CT molecular complexity index is 3050. The van der Waals surface area contributed by atoms with E-state index >= 15 is 0 Å². The minimum atomic E-state index is -2.03. The molecule has 17 N–H and O–H groups in total. The van der Waals surface area contributed by atoms with Crippen LogP contribution in [-0.2, 0) is 33.2 Å². The van der Waals surface area contributed by atoms with Gasteiger partial charge in [-0.2, -0.15) is 0 Å². The van der Waals surface area contributed by atoms with Gasteiger partial charge < -0.3 is 134 Å². The first kappa shape index (κ1) is 60.5. The highest BCUT2D eigenvalue weighted by Gasteiger charge is 2.50. The van der Waals surface area contributed by atoms with Crippen molar-refractivity contribution in [1.82, 2.24) is 0 Å². The van der Waals surface area contributed by atoms with Crippen LogP contribution in [0.1, 0.15) is 27.6 Å². The van der Waals surface area contributed by atoms with E-state index in [-0.39, 0.29) is 44.9 Å². The van der Waals surface area contributed by atoms with Gasteiger partial charge in [-0.05, 0) is 55.5 Å². The second kappa shape index (κ2) is 25.0. The Labute approximate surface area is 467 Å². The van der Waals surface area contributed by atoms with Crippen LogP contribution in [0.15, 0.2) is 83.3 Å². The lowest BCUT2D eigenvalue weighted by Crippen LogP contribution is -2.61. The van der Waals surface area contributed by atoms with E-state index in [2.05, 4.69) is 0 Å². The predicted molar refractivity (Wildman–Crippen MR) is 268 cm³/mol. The quantitative estimate of drug-likeness (QED) is 0.0266. The van der Waals surface area contributed by atoms with Crippen LogP contribution in [-0.4, -0.2) is 241 Å². The number of ether oxygens (including phenoxy) is 10. The molecule has 0 spiro atoms. The summed E-state index contributed by atoms with van der Waals surface area (Å²) in [5, 5.41) is 179. The van der Waals surface area contributed by atoms with Crippen LogP contribution < -0.4 is 14.2 Å². The number of phenolic OH excluding ortho intramolecular Hbond substituents is 5. The summed E-state index contributed by atoms with van der Waals surface area (Å²) in [6.07, 6.45) is -34.4. The van der Waals surface area contributed by atoms with Gasteiger partial charge in [0.25, 0.3) is 0 Å². The normalized spacial score (nSPS) is 33.7. The third-order valence-electron chi connectivity index (χ3n) is 14.1. The van der Waals surface area contributed by atoms with Gasteiger partial charge in [0, 0.05) is 24.3 Å². The third kappa shape index (κ3) is 12.9. The number of phenols is 5. The summed E-state index contributed by atoms with van der Waals surface area (Å²) in [6.45, 7) is -0.607. The first-order chi connectivity index (χ1) is 39.4. The minimum absolute atomic E-state index is 0.0170. The Morgan fingerprint density at radius 2 is 0.904 bits per heavy atom. The summed E-state index contributed by atoms with van der Waals surface area (Å²) in [6, 6.07) is 15.1. The molecule has 4 aliphatic rings. The van der Waals surface area contributed by atoms with Crippen molar-refractivity contribution in [3.05, 3.63) is 90.0 Å². The van der Waals surface area contributed by atoms with E-state index in [9.17, 15) is 96.4 Å². The first-order valence-corrected chi connectivity index (χ1v) is 25.4. The van der Waals surface area contributed by atoms with Gasteiger partial charge in [-0.3, -0.25) is 0 Å². The van der Waals surface area contributed by atoms with Crippen LogP contribution in [0.2, 0.25) is 0 Å². The number of benzene rings is 4. The van der Waals surface area contributed by atoms with Crippen molar-refractivity contribution in [3.8, 4) is 57.3 Å². The van der Waals surface area contributed by atoms with E-state index in [1.807, 2.05) is 0 Å². The maximum absolute atomic E-state index is 13.2. The van der Waals surface area contributed by atoms with Crippen LogP contribution in [0.5, 0.6) is 46.0 Å². The number of hydrogen-bond donors (Lipinski definition) is 17. The molecule has 4 saturated heterocycles. The second-order valence-electron chi connectivity index (χ2n) is 19.8. The molecule has 4 aliphatic heterocycles. The van der Waals surface area contributed by atoms with Gasteiger partial charge in [0.1, 0.15) is 133 Å². The average molecular weight is 1180 g/mol. The zero-order chi connectivity index (χ0) is 59.9. The summed E-state index contributed by atoms with van der Waals surface area (Å²) in [7, 11) is 0. The van der Waals surface area contributed by atoms with Gasteiger partial charge in [-0.15, -0.1) is 0 Å². The van der Waals surface area contributed by atoms with E-state index in [4.69, 9.17) is 51.8 Å². The van der Waals surface area contributed by atoms with Gasteiger partial charge in [-0.1, -0.05) is 0 Å². The van der Waals surface area contributed by atoms with Crippen molar-refractivity contribution in [3.63, 3.8) is 0 Å². The van der Waals surface area contributed by atoms with E-state index in [0.29, 0.717) is 0 Å². The molecule has 0 bridgehead atoms. The molecule has 20 atom stereocenters. The molecule has 0 radical (unpaired) electrons. The van der Waals surface area contributed by atoms with E-state index in [1.165, 1.54) is 55.5 Å². The second-order valence-corrected chi connectivity index (χ2v) is 19.8. The van der Waals surface area contributed by atoms with Gasteiger partial charge in [0.05, 0.1) is 35.5 Å². The molecule has 0 amide bonds. The number of esters is 2. The van der Waals surface area contributed by atoms with E-state index in [1.54, 1.807) is 0 Å². The number of rotatable bonds is 16. The zero-order valence-electron chi connectivity index (χ0n) is 43.1. The molecule has 5 aromatic rings. The number of carbonyl (C=O) groups is 2. The largest absolute Gasteiger partial charge is 0.508 e. The molecule has 4 fully saturated rings. The topological polar surface area (TPSA) is 482 Å². The molecule has 30 heteroatoms. The third-order valence-corrected chi connectivity index (χ3v) is 14.1. The highest BCUT2D eigenvalue weighted by Crippen LogP contribution is 2.45. The standard InChI is InChI=1S/C53H58O30/c1-18-34(58)39(63)43(67)50(76-18)75-17-33-38(62)42(66)46(70)53(83-33)80-30-14-25-26(55)12-24(13-29(25)79-47(30)21-10-27(56)35(59)28(57)11-21)78-52-45(69)41(65)37(61)32(82-52)16-74-49(72)20-4-8-23(9-5-20)77-51-44(68)40(64)36(60)31(81-51)15-73-48(71)19-2-6-22(54)7-3-19/h2-14,18,31-34,36-46,50-53,58,60-70H,15-17H2,1H3,(H4-,54,55,56,57,59,71)/p+1. The Kier molecular flexibility index (Phi) is 18.3. The number of hydrogen-bond acceptors (Lipinski definition) is 29. The fourth-order valence-electron chi connectivity index (χ4n) is 9.20. The number of carbonyl (C=O) groups excluding carboxylic acids is 2. The number of fused-ring (bicyclic) bond motifs is 1. The van der Waals surface area contributed by atoms with Gasteiger partial charge in [0.15, 0.2) is 23.5 Å². The summed E-state index contributed by atoms with van der Waals surface area (Å²) < 4.78 is 62.1. The maximum atomic E-state index is 13.2. The lowest BCUT2D eigenvalue weighted by atomic mass is 9.98. The van der Waals surface area contributed by atoms with Crippen molar-refractivity contribution >= 4 is 22.9 Å². The summed E-state index contributed by atoms with van der Waals surface area (Å²) in [5.74, 6) is -6.48. The fourth-order valence-corrected chi connectivity index (χ4v) is 9.20. The average Bonchev–Trinajstić information content (AvgIpc) is 3.65. The Balaban J connectivity index is 0.865. The smallest absolute Gasteiger partial charge is 0.402 e. The van der Waals surface area contributed by atoms with Gasteiger partial charge in [0.2, 0.25) is 24.6 Å². The zero-order valence-corrected chi connectivity index (χ0v) is 43.1. The molecule has 1 aromatic heterocycles. The maximum Gasteiger partial charge on any atom is 0.402 e. The Morgan fingerprint density at radius 1 is 0.458 bits per heavy atom. The highest BCUT2D eigenvalue weighted by molar-refractivity contribution is 5.90. The SMILES string of the molecule is CC1OC(OCC2OC(Oc3cc4c(O)cc(OC5OC(COC(=O)c6ccc(OC7OC(COC(=O)c8ccc(O)cc8)C(O)C(O)C7O)cc6)C(O)C(O)C5O)cc4[o+]c3-c3cc(O)c(O)c(O)c3)C(O)C(O)C2O)C(O)C(O)C1O. The summed E-state index contributed by atoms with van der Waals surface area (Å²) in [4.78, 5) is 25.7. The molecule has 4 aromatic carbocycles. The molecule has 0 saturated carbocycles. The van der Waals surface area contributed by atoms with Crippen molar-refractivity contribution in [2.45, 2.75) is 130 Å².